The first-order valence-corrected chi connectivity index (χ1v) is 9.68. The zero-order valence-electron chi connectivity index (χ0n) is 16.2. The van der Waals surface area contributed by atoms with Crippen molar-refractivity contribution in [3.8, 4) is 5.75 Å². The van der Waals surface area contributed by atoms with Gasteiger partial charge in [0.25, 0.3) is 6.01 Å². The number of amides is 1. The van der Waals surface area contributed by atoms with E-state index in [0.717, 1.165) is 19.4 Å². The highest BCUT2D eigenvalue weighted by Gasteiger charge is 2.25. The molecule has 7 nitrogen and oxygen atoms in total. The summed E-state index contributed by atoms with van der Waals surface area (Å²) in [6.07, 6.45) is 4.04. The Kier molecular flexibility index (Phi) is 5.59. The smallest absolute Gasteiger partial charge is 0.299 e. The fourth-order valence-electron chi connectivity index (χ4n) is 3.65. The third-order valence-electron chi connectivity index (χ3n) is 5.12. The van der Waals surface area contributed by atoms with E-state index in [1.165, 1.54) is 13.2 Å². The number of hydrogen-bond donors (Lipinski definition) is 1. The van der Waals surface area contributed by atoms with Crippen molar-refractivity contribution in [3.05, 3.63) is 47.9 Å². The molecule has 1 unspecified atom stereocenters. The highest BCUT2D eigenvalue weighted by Crippen LogP contribution is 2.27. The highest BCUT2D eigenvalue weighted by molar-refractivity contribution is 5.76. The SMILES string of the molecule is COc1ccc(CNC(=O)CC2CCCN(c3nc4ncccc4o3)C2)cc1F. The van der Waals surface area contributed by atoms with Crippen LogP contribution in [0.1, 0.15) is 24.8 Å². The average Bonchev–Trinajstić information content (AvgIpc) is 3.17. The largest absolute Gasteiger partial charge is 0.494 e. The number of piperidine rings is 1. The minimum Gasteiger partial charge on any atom is -0.494 e. The molecule has 0 bridgehead atoms. The van der Waals surface area contributed by atoms with Gasteiger partial charge in [-0.2, -0.15) is 4.98 Å². The fourth-order valence-corrected chi connectivity index (χ4v) is 3.65. The first kappa shape index (κ1) is 19.2. The number of pyridine rings is 1. The molecule has 3 aromatic rings. The van der Waals surface area contributed by atoms with E-state index >= 15 is 0 Å². The molecule has 1 aliphatic heterocycles. The molecule has 1 atom stereocenters. The number of hydrogen-bond acceptors (Lipinski definition) is 6. The molecule has 0 radical (unpaired) electrons. The van der Waals surface area contributed by atoms with E-state index in [1.54, 1.807) is 18.3 Å². The molecule has 1 saturated heterocycles. The second kappa shape index (κ2) is 8.46. The number of rotatable bonds is 6. The lowest BCUT2D eigenvalue weighted by molar-refractivity contribution is -0.122. The first-order valence-electron chi connectivity index (χ1n) is 9.68. The van der Waals surface area contributed by atoms with Crippen LogP contribution in [0.4, 0.5) is 10.4 Å². The molecule has 1 aliphatic rings. The van der Waals surface area contributed by atoms with E-state index in [2.05, 4.69) is 20.2 Å². The van der Waals surface area contributed by atoms with Gasteiger partial charge in [0.15, 0.2) is 17.1 Å². The van der Waals surface area contributed by atoms with Gasteiger partial charge in [0.05, 0.1) is 7.11 Å². The number of nitrogens with zero attached hydrogens (tertiary/aromatic N) is 3. The summed E-state index contributed by atoms with van der Waals surface area (Å²) < 4.78 is 24.5. The maximum absolute atomic E-state index is 13.8. The second-order valence-corrected chi connectivity index (χ2v) is 7.23. The topological polar surface area (TPSA) is 80.5 Å². The van der Waals surface area contributed by atoms with Gasteiger partial charge >= 0.3 is 0 Å². The van der Waals surface area contributed by atoms with E-state index in [-0.39, 0.29) is 24.1 Å². The number of nitrogens with one attached hydrogen (secondary N) is 1. The Bertz CT molecular complexity index is 974. The molecular weight excluding hydrogens is 375 g/mol. The zero-order chi connectivity index (χ0) is 20.2. The third kappa shape index (κ3) is 4.47. The number of fused-ring (bicyclic) bond motifs is 1. The molecule has 152 valence electrons. The van der Waals surface area contributed by atoms with Gasteiger partial charge in [0.2, 0.25) is 11.6 Å². The molecule has 29 heavy (non-hydrogen) atoms. The summed E-state index contributed by atoms with van der Waals surface area (Å²) in [7, 11) is 1.42. The van der Waals surface area contributed by atoms with Crippen LogP contribution in [-0.2, 0) is 11.3 Å². The summed E-state index contributed by atoms with van der Waals surface area (Å²) in [4.78, 5) is 23.1. The molecule has 0 saturated carbocycles. The Morgan fingerprint density at radius 2 is 2.31 bits per heavy atom. The zero-order valence-corrected chi connectivity index (χ0v) is 16.2. The van der Waals surface area contributed by atoms with Crippen LogP contribution in [0, 0.1) is 11.7 Å². The van der Waals surface area contributed by atoms with Crippen molar-refractivity contribution in [2.45, 2.75) is 25.8 Å². The highest BCUT2D eigenvalue weighted by atomic mass is 19.1. The van der Waals surface area contributed by atoms with E-state index in [4.69, 9.17) is 9.15 Å². The van der Waals surface area contributed by atoms with Gasteiger partial charge in [-0.3, -0.25) is 4.79 Å². The van der Waals surface area contributed by atoms with Crippen molar-refractivity contribution in [2.24, 2.45) is 5.92 Å². The Hall–Kier alpha value is -3.16. The first-order chi connectivity index (χ1) is 14.1. The predicted octanol–water partition coefficient (Wildman–Crippen LogP) is 3.29. The van der Waals surface area contributed by atoms with E-state index in [1.807, 2.05) is 12.1 Å². The van der Waals surface area contributed by atoms with Crippen LogP contribution in [0.5, 0.6) is 5.75 Å². The summed E-state index contributed by atoms with van der Waals surface area (Å²) >= 11 is 0. The monoisotopic (exact) mass is 398 g/mol. The normalized spacial score (nSPS) is 16.8. The predicted molar refractivity (Wildman–Crippen MR) is 106 cm³/mol. The van der Waals surface area contributed by atoms with Gasteiger partial charge in [0, 0.05) is 32.3 Å². The van der Waals surface area contributed by atoms with Crippen molar-refractivity contribution in [3.63, 3.8) is 0 Å². The molecule has 1 fully saturated rings. The van der Waals surface area contributed by atoms with E-state index in [0.29, 0.717) is 35.8 Å². The Labute approximate surface area is 167 Å². The van der Waals surface area contributed by atoms with Gasteiger partial charge in [-0.1, -0.05) is 6.07 Å². The van der Waals surface area contributed by atoms with Gasteiger partial charge in [-0.25, -0.2) is 9.37 Å². The standard InChI is InChI=1S/C21H23FN4O3/c1-28-17-7-6-14(10-16(17)22)12-24-19(27)11-15-4-3-9-26(13-15)21-25-20-18(29-21)5-2-8-23-20/h2,5-8,10,15H,3-4,9,11-13H2,1H3,(H,24,27). The van der Waals surface area contributed by atoms with Crippen molar-refractivity contribution in [1.82, 2.24) is 15.3 Å². The van der Waals surface area contributed by atoms with Gasteiger partial charge in [-0.05, 0) is 48.6 Å². The van der Waals surface area contributed by atoms with Crippen molar-refractivity contribution < 1.29 is 18.3 Å². The molecule has 1 N–H and O–H groups in total. The minimum absolute atomic E-state index is 0.0488. The lowest BCUT2D eigenvalue weighted by Crippen LogP contribution is -2.38. The van der Waals surface area contributed by atoms with Gasteiger partial charge < -0.3 is 19.4 Å². The van der Waals surface area contributed by atoms with Gasteiger partial charge in [0.1, 0.15) is 0 Å². The fraction of sp³-hybridized carbons (Fsp3) is 0.381. The summed E-state index contributed by atoms with van der Waals surface area (Å²) in [5, 5.41) is 2.87. The molecule has 2 aromatic heterocycles. The summed E-state index contributed by atoms with van der Waals surface area (Å²) in [6, 6.07) is 8.89. The Morgan fingerprint density at radius 1 is 1.41 bits per heavy atom. The maximum atomic E-state index is 13.8. The quantitative estimate of drug-likeness (QED) is 0.686. The van der Waals surface area contributed by atoms with Crippen molar-refractivity contribution >= 4 is 23.2 Å². The number of halogens is 1. The molecule has 0 spiro atoms. The summed E-state index contributed by atoms with van der Waals surface area (Å²) in [5.41, 5.74) is 1.95. The summed E-state index contributed by atoms with van der Waals surface area (Å²) in [6.45, 7) is 1.83. The molecule has 1 amide bonds. The minimum atomic E-state index is -0.435. The van der Waals surface area contributed by atoms with Crippen LogP contribution >= 0.6 is 0 Å². The van der Waals surface area contributed by atoms with Crippen molar-refractivity contribution in [1.29, 1.82) is 0 Å². The van der Waals surface area contributed by atoms with E-state index in [9.17, 15) is 9.18 Å². The van der Waals surface area contributed by atoms with Crippen LogP contribution in [0.3, 0.4) is 0 Å². The van der Waals surface area contributed by atoms with Crippen LogP contribution in [0.15, 0.2) is 40.9 Å². The lowest BCUT2D eigenvalue weighted by Gasteiger charge is -2.31. The summed E-state index contributed by atoms with van der Waals surface area (Å²) in [5.74, 6) is -0.0848. The number of anilines is 1. The molecule has 1 aromatic carbocycles. The van der Waals surface area contributed by atoms with Crippen molar-refractivity contribution in [2.75, 3.05) is 25.1 Å². The third-order valence-corrected chi connectivity index (χ3v) is 5.12. The van der Waals surface area contributed by atoms with Crippen LogP contribution in [0.2, 0.25) is 0 Å². The number of aromatic nitrogens is 2. The number of ether oxygens (including phenoxy) is 1. The lowest BCUT2D eigenvalue weighted by atomic mass is 9.94. The second-order valence-electron chi connectivity index (χ2n) is 7.23. The van der Waals surface area contributed by atoms with Crippen LogP contribution in [-0.4, -0.2) is 36.1 Å². The number of oxazole rings is 1. The average molecular weight is 398 g/mol. The van der Waals surface area contributed by atoms with Gasteiger partial charge in [-0.15, -0.1) is 0 Å². The molecule has 0 aliphatic carbocycles. The maximum Gasteiger partial charge on any atom is 0.299 e. The van der Waals surface area contributed by atoms with E-state index < -0.39 is 5.82 Å². The number of benzene rings is 1. The Morgan fingerprint density at radius 3 is 3.10 bits per heavy atom. The Balaban J connectivity index is 1.31. The molecule has 4 rings (SSSR count). The number of methoxy groups -OCH3 is 1. The van der Waals surface area contributed by atoms with Crippen LogP contribution < -0.4 is 15.0 Å². The molecule has 8 heteroatoms. The molecule has 3 heterocycles. The van der Waals surface area contributed by atoms with Crippen LogP contribution in [0.25, 0.3) is 11.2 Å². The number of carbonyl (C=O) groups excluding carboxylic acids is 1. The molecular formula is C21H23FN4O3. The number of carbonyl (C=O) groups is 1.